The topological polar surface area (TPSA) is 70.8 Å². The zero-order valence-electron chi connectivity index (χ0n) is 9.91. The average Bonchev–Trinajstić information content (AvgIpc) is 3.03. The summed E-state index contributed by atoms with van der Waals surface area (Å²) in [6.45, 7) is 0.561. The predicted molar refractivity (Wildman–Crippen MR) is 62.0 cm³/mol. The molecule has 96 valence electrons. The SMILES string of the molecule is O=C(O)C1C2CCCC2CN1C(=O)c1ccoc1. The maximum Gasteiger partial charge on any atom is 0.326 e. The Morgan fingerprint density at radius 2 is 2.22 bits per heavy atom. The minimum atomic E-state index is -0.888. The maximum atomic E-state index is 12.3. The molecule has 0 aromatic carbocycles. The van der Waals surface area contributed by atoms with E-state index in [0.29, 0.717) is 18.0 Å². The highest BCUT2D eigenvalue weighted by Crippen LogP contribution is 2.42. The molecule has 1 aromatic rings. The lowest BCUT2D eigenvalue weighted by Gasteiger charge is -2.23. The highest BCUT2D eigenvalue weighted by atomic mass is 16.4. The average molecular weight is 249 g/mol. The van der Waals surface area contributed by atoms with Gasteiger partial charge < -0.3 is 14.4 Å². The fraction of sp³-hybridized carbons (Fsp3) is 0.538. The second-order valence-corrected chi connectivity index (χ2v) is 5.11. The van der Waals surface area contributed by atoms with Crippen molar-refractivity contribution in [3.8, 4) is 0 Å². The van der Waals surface area contributed by atoms with Gasteiger partial charge in [0.15, 0.2) is 0 Å². The summed E-state index contributed by atoms with van der Waals surface area (Å²) in [5.74, 6) is -0.646. The van der Waals surface area contributed by atoms with E-state index in [0.717, 1.165) is 19.3 Å². The van der Waals surface area contributed by atoms with Crippen LogP contribution in [0.3, 0.4) is 0 Å². The van der Waals surface area contributed by atoms with Crippen LogP contribution in [-0.2, 0) is 4.79 Å². The monoisotopic (exact) mass is 249 g/mol. The normalized spacial score (nSPS) is 30.4. The minimum absolute atomic E-state index is 0.123. The van der Waals surface area contributed by atoms with Crippen LogP contribution in [0, 0.1) is 11.8 Å². The molecule has 1 saturated heterocycles. The zero-order valence-corrected chi connectivity index (χ0v) is 9.91. The Balaban J connectivity index is 1.87. The molecule has 5 heteroatoms. The number of aliphatic carboxylic acids is 1. The number of carboxylic acid groups (broad SMARTS) is 1. The van der Waals surface area contributed by atoms with Crippen molar-refractivity contribution in [2.75, 3.05) is 6.54 Å². The molecule has 3 atom stereocenters. The van der Waals surface area contributed by atoms with Gasteiger partial charge in [0.1, 0.15) is 12.3 Å². The van der Waals surface area contributed by atoms with Gasteiger partial charge in [-0.1, -0.05) is 6.42 Å². The van der Waals surface area contributed by atoms with Gasteiger partial charge >= 0.3 is 5.97 Å². The van der Waals surface area contributed by atoms with Crippen LogP contribution in [0.5, 0.6) is 0 Å². The highest BCUT2D eigenvalue weighted by Gasteiger charge is 2.49. The number of carbonyl (C=O) groups excluding carboxylic acids is 1. The summed E-state index contributed by atoms with van der Waals surface area (Å²) in [5.41, 5.74) is 0.432. The summed E-state index contributed by atoms with van der Waals surface area (Å²) in [5, 5.41) is 9.36. The lowest BCUT2D eigenvalue weighted by atomic mass is 9.94. The van der Waals surface area contributed by atoms with Crippen molar-refractivity contribution < 1.29 is 19.1 Å². The van der Waals surface area contributed by atoms with E-state index in [4.69, 9.17) is 4.42 Å². The van der Waals surface area contributed by atoms with Gasteiger partial charge in [0, 0.05) is 6.54 Å². The summed E-state index contributed by atoms with van der Waals surface area (Å²) in [7, 11) is 0. The van der Waals surface area contributed by atoms with Crippen molar-refractivity contribution in [3.05, 3.63) is 24.2 Å². The summed E-state index contributed by atoms with van der Waals surface area (Å²) in [6.07, 6.45) is 5.82. The second-order valence-electron chi connectivity index (χ2n) is 5.11. The number of rotatable bonds is 2. The van der Waals surface area contributed by atoms with E-state index < -0.39 is 12.0 Å². The van der Waals surface area contributed by atoms with Gasteiger partial charge in [0.05, 0.1) is 11.8 Å². The molecule has 2 aliphatic rings. The molecule has 1 N–H and O–H groups in total. The first-order valence-corrected chi connectivity index (χ1v) is 6.24. The molecule has 3 rings (SSSR count). The first-order chi connectivity index (χ1) is 8.68. The molecule has 5 nitrogen and oxygen atoms in total. The molecule has 2 fully saturated rings. The molecule has 2 heterocycles. The predicted octanol–water partition coefficient (Wildman–Crippen LogP) is 1.60. The lowest BCUT2D eigenvalue weighted by molar-refractivity contribution is -0.142. The Morgan fingerprint density at radius 3 is 2.89 bits per heavy atom. The number of carboxylic acids is 1. The molecule has 1 aromatic heterocycles. The van der Waals surface area contributed by atoms with Gasteiger partial charge in [-0.05, 0) is 30.7 Å². The number of hydrogen-bond acceptors (Lipinski definition) is 3. The summed E-state index contributed by atoms with van der Waals surface area (Å²) >= 11 is 0. The number of hydrogen-bond donors (Lipinski definition) is 1. The molecular formula is C13H15NO4. The van der Waals surface area contributed by atoms with Gasteiger partial charge in [0.2, 0.25) is 0 Å². The maximum absolute atomic E-state index is 12.3. The van der Waals surface area contributed by atoms with Crippen LogP contribution in [0.4, 0.5) is 0 Å². The van der Waals surface area contributed by atoms with Crippen molar-refractivity contribution >= 4 is 11.9 Å². The number of carbonyl (C=O) groups is 2. The molecule has 0 spiro atoms. The summed E-state index contributed by atoms with van der Waals surface area (Å²) in [4.78, 5) is 25.2. The molecule has 1 aliphatic heterocycles. The van der Waals surface area contributed by atoms with Crippen LogP contribution in [-0.4, -0.2) is 34.5 Å². The highest BCUT2D eigenvalue weighted by molar-refractivity contribution is 5.96. The Morgan fingerprint density at radius 1 is 1.39 bits per heavy atom. The second kappa shape index (κ2) is 4.15. The van der Waals surface area contributed by atoms with E-state index in [1.165, 1.54) is 17.4 Å². The molecule has 3 unspecified atom stereocenters. The van der Waals surface area contributed by atoms with Crippen molar-refractivity contribution in [2.24, 2.45) is 11.8 Å². The van der Waals surface area contributed by atoms with E-state index in [9.17, 15) is 14.7 Å². The fourth-order valence-corrected chi connectivity index (χ4v) is 3.38. The van der Waals surface area contributed by atoms with Gasteiger partial charge in [-0.3, -0.25) is 4.79 Å². The van der Waals surface area contributed by atoms with Gasteiger partial charge in [-0.2, -0.15) is 0 Å². The van der Waals surface area contributed by atoms with Gasteiger partial charge in [-0.15, -0.1) is 0 Å². The Bertz CT molecular complexity index is 467. The van der Waals surface area contributed by atoms with Crippen LogP contribution < -0.4 is 0 Å². The fourth-order valence-electron chi connectivity index (χ4n) is 3.38. The van der Waals surface area contributed by atoms with Crippen molar-refractivity contribution in [2.45, 2.75) is 25.3 Å². The van der Waals surface area contributed by atoms with E-state index in [1.54, 1.807) is 6.07 Å². The van der Waals surface area contributed by atoms with Crippen LogP contribution in [0.15, 0.2) is 23.0 Å². The third kappa shape index (κ3) is 1.62. The molecule has 1 aliphatic carbocycles. The third-order valence-electron chi connectivity index (χ3n) is 4.17. The summed E-state index contributed by atoms with van der Waals surface area (Å²) in [6, 6.07) is 0.912. The van der Waals surface area contributed by atoms with E-state index in [2.05, 4.69) is 0 Å². The van der Waals surface area contributed by atoms with E-state index in [1.807, 2.05) is 0 Å². The summed E-state index contributed by atoms with van der Waals surface area (Å²) < 4.78 is 4.89. The van der Waals surface area contributed by atoms with Crippen LogP contribution in [0.2, 0.25) is 0 Å². The van der Waals surface area contributed by atoms with Crippen molar-refractivity contribution in [3.63, 3.8) is 0 Å². The van der Waals surface area contributed by atoms with E-state index in [-0.39, 0.29) is 11.8 Å². The number of furan rings is 1. The Labute approximate surface area is 104 Å². The lowest BCUT2D eigenvalue weighted by Crippen LogP contribution is -2.43. The first kappa shape index (κ1) is 11.3. The molecule has 1 saturated carbocycles. The zero-order chi connectivity index (χ0) is 12.7. The third-order valence-corrected chi connectivity index (χ3v) is 4.17. The molecule has 18 heavy (non-hydrogen) atoms. The number of nitrogens with zero attached hydrogens (tertiary/aromatic N) is 1. The Hall–Kier alpha value is -1.78. The molecular weight excluding hydrogens is 234 g/mol. The number of fused-ring (bicyclic) bond motifs is 1. The molecule has 1 amide bonds. The molecule has 0 radical (unpaired) electrons. The standard InChI is InChI=1S/C13H15NO4/c15-12(9-4-5-18-7-9)14-6-8-2-1-3-10(8)11(14)13(16)17/h4-5,7-8,10-11H,1-3,6H2,(H,16,17). The molecule has 0 bridgehead atoms. The van der Waals surface area contributed by atoms with Crippen LogP contribution in [0.25, 0.3) is 0 Å². The van der Waals surface area contributed by atoms with Gasteiger partial charge in [-0.25, -0.2) is 4.79 Å². The number of likely N-dealkylation sites (tertiary alicyclic amines) is 1. The smallest absolute Gasteiger partial charge is 0.326 e. The van der Waals surface area contributed by atoms with Gasteiger partial charge in [0.25, 0.3) is 5.91 Å². The van der Waals surface area contributed by atoms with Crippen LogP contribution in [0.1, 0.15) is 29.6 Å². The Kier molecular flexibility index (Phi) is 2.61. The van der Waals surface area contributed by atoms with Crippen LogP contribution >= 0.6 is 0 Å². The van der Waals surface area contributed by atoms with Crippen molar-refractivity contribution in [1.82, 2.24) is 4.90 Å². The first-order valence-electron chi connectivity index (χ1n) is 6.24. The largest absolute Gasteiger partial charge is 0.480 e. The number of amides is 1. The quantitative estimate of drug-likeness (QED) is 0.864. The van der Waals surface area contributed by atoms with E-state index >= 15 is 0 Å². The minimum Gasteiger partial charge on any atom is -0.480 e. The van der Waals surface area contributed by atoms with Crippen molar-refractivity contribution in [1.29, 1.82) is 0 Å².